The van der Waals surface area contributed by atoms with Gasteiger partial charge in [-0.2, -0.15) is 9.97 Å². The summed E-state index contributed by atoms with van der Waals surface area (Å²) < 4.78 is 5.42. The summed E-state index contributed by atoms with van der Waals surface area (Å²) in [5.74, 6) is 1.95. The summed E-state index contributed by atoms with van der Waals surface area (Å²) in [7, 11) is 2.02. The minimum Gasteiger partial charge on any atom is -0.378 e. The van der Waals surface area contributed by atoms with Crippen LogP contribution in [0.2, 0.25) is 0 Å². The number of nitrogen functional groups attached to an aromatic ring is 1. The van der Waals surface area contributed by atoms with E-state index < -0.39 is 0 Å². The summed E-state index contributed by atoms with van der Waals surface area (Å²) in [6.07, 6.45) is 3.71. The second-order valence-electron chi connectivity index (χ2n) is 6.41. The molecule has 7 heteroatoms. The fourth-order valence-corrected chi connectivity index (χ4v) is 3.25. The molecule has 0 saturated carbocycles. The highest BCUT2D eigenvalue weighted by atomic mass is 16.5. The van der Waals surface area contributed by atoms with E-state index in [1.54, 1.807) is 0 Å². The number of morpholine rings is 1. The molecular formula is C19H22N6O. The third-order valence-corrected chi connectivity index (χ3v) is 4.62. The minimum absolute atomic E-state index is 0.290. The van der Waals surface area contributed by atoms with Gasteiger partial charge in [0.15, 0.2) is 0 Å². The van der Waals surface area contributed by atoms with Gasteiger partial charge in [-0.25, -0.2) is 0 Å². The van der Waals surface area contributed by atoms with E-state index in [-0.39, 0.29) is 5.95 Å². The number of hydrogen-bond acceptors (Lipinski definition) is 7. The Balaban J connectivity index is 1.61. The predicted molar refractivity (Wildman–Crippen MR) is 103 cm³/mol. The maximum absolute atomic E-state index is 5.97. The van der Waals surface area contributed by atoms with Gasteiger partial charge >= 0.3 is 0 Å². The van der Waals surface area contributed by atoms with Crippen LogP contribution in [-0.2, 0) is 11.3 Å². The van der Waals surface area contributed by atoms with Gasteiger partial charge in [0.2, 0.25) is 5.95 Å². The van der Waals surface area contributed by atoms with Crippen molar-refractivity contribution in [2.24, 2.45) is 0 Å². The largest absolute Gasteiger partial charge is 0.378 e. The molecule has 0 unspecified atom stereocenters. The van der Waals surface area contributed by atoms with Crippen LogP contribution in [0.15, 0.2) is 42.7 Å². The zero-order chi connectivity index (χ0) is 17.9. The van der Waals surface area contributed by atoms with Crippen molar-refractivity contribution in [3.8, 4) is 0 Å². The van der Waals surface area contributed by atoms with Crippen LogP contribution in [0.5, 0.6) is 0 Å². The molecule has 134 valence electrons. The number of aromatic nitrogens is 3. The van der Waals surface area contributed by atoms with Crippen molar-refractivity contribution in [2.75, 3.05) is 48.9 Å². The van der Waals surface area contributed by atoms with Crippen molar-refractivity contribution in [2.45, 2.75) is 6.54 Å². The lowest BCUT2D eigenvalue weighted by Gasteiger charge is -2.29. The molecule has 0 radical (unpaired) electrons. The Morgan fingerprint density at radius 3 is 2.88 bits per heavy atom. The fourth-order valence-electron chi connectivity index (χ4n) is 3.25. The average Bonchev–Trinajstić information content (AvgIpc) is 2.68. The van der Waals surface area contributed by atoms with Crippen LogP contribution in [0, 0.1) is 0 Å². The zero-order valence-electron chi connectivity index (χ0n) is 14.8. The molecule has 1 aliphatic rings. The van der Waals surface area contributed by atoms with Gasteiger partial charge in [0.1, 0.15) is 11.6 Å². The molecule has 2 aromatic heterocycles. The van der Waals surface area contributed by atoms with Crippen LogP contribution in [0.25, 0.3) is 10.8 Å². The highest BCUT2D eigenvalue weighted by Crippen LogP contribution is 2.24. The minimum atomic E-state index is 0.290. The van der Waals surface area contributed by atoms with Gasteiger partial charge < -0.3 is 20.3 Å². The van der Waals surface area contributed by atoms with Crippen molar-refractivity contribution in [3.05, 3.63) is 48.3 Å². The smallest absolute Gasteiger partial charge is 0.223 e. The first-order chi connectivity index (χ1) is 12.7. The van der Waals surface area contributed by atoms with Crippen LogP contribution >= 0.6 is 0 Å². The van der Waals surface area contributed by atoms with Crippen LogP contribution in [0.4, 0.5) is 17.6 Å². The first kappa shape index (κ1) is 16.5. The number of anilines is 3. The topological polar surface area (TPSA) is 80.4 Å². The fraction of sp³-hybridized carbons (Fsp3) is 0.316. The number of fused-ring (bicyclic) bond motifs is 1. The molecule has 4 rings (SSSR count). The van der Waals surface area contributed by atoms with Crippen molar-refractivity contribution >= 4 is 28.4 Å². The van der Waals surface area contributed by atoms with E-state index in [0.29, 0.717) is 13.2 Å². The molecule has 2 N–H and O–H groups in total. The molecule has 1 saturated heterocycles. The average molecular weight is 350 g/mol. The molecule has 0 spiro atoms. The molecular weight excluding hydrogens is 328 g/mol. The number of nitrogens with zero attached hydrogens (tertiary/aromatic N) is 5. The van der Waals surface area contributed by atoms with E-state index in [1.807, 2.05) is 31.6 Å². The molecule has 3 heterocycles. The lowest BCUT2D eigenvalue weighted by molar-refractivity contribution is 0.122. The Morgan fingerprint density at radius 2 is 2.04 bits per heavy atom. The van der Waals surface area contributed by atoms with Crippen LogP contribution in [-0.4, -0.2) is 48.3 Å². The van der Waals surface area contributed by atoms with Gasteiger partial charge in [0.25, 0.3) is 0 Å². The first-order valence-electron chi connectivity index (χ1n) is 8.71. The molecule has 1 fully saturated rings. The maximum atomic E-state index is 5.97. The molecule has 0 amide bonds. The molecule has 7 nitrogen and oxygen atoms in total. The van der Waals surface area contributed by atoms with Crippen LogP contribution in [0.1, 0.15) is 5.56 Å². The molecule has 1 aliphatic heterocycles. The molecule has 0 aliphatic carbocycles. The van der Waals surface area contributed by atoms with Gasteiger partial charge in [-0.05, 0) is 17.0 Å². The second-order valence-corrected chi connectivity index (χ2v) is 6.41. The summed E-state index contributed by atoms with van der Waals surface area (Å²) in [5, 5.41) is 2.33. The lowest BCUT2D eigenvalue weighted by Crippen LogP contribution is -2.37. The van der Waals surface area contributed by atoms with E-state index in [0.717, 1.165) is 36.7 Å². The van der Waals surface area contributed by atoms with Crippen molar-refractivity contribution in [3.63, 3.8) is 0 Å². The highest BCUT2D eigenvalue weighted by Gasteiger charge is 2.16. The molecule has 3 aromatic rings. The summed E-state index contributed by atoms with van der Waals surface area (Å²) in [6.45, 7) is 3.77. The maximum Gasteiger partial charge on any atom is 0.223 e. The summed E-state index contributed by atoms with van der Waals surface area (Å²) in [6, 6.07) is 10.3. The Bertz CT molecular complexity index is 904. The zero-order valence-corrected chi connectivity index (χ0v) is 14.8. The van der Waals surface area contributed by atoms with E-state index in [1.165, 1.54) is 10.9 Å². The van der Waals surface area contributed by atoms with Gasteiger partial charge in [-0.15, -0.1) is 0 Å². The van der Waals surface area contributed by atoms with Crippen molar-refractivity contribution < 1.29 is 4.74 Å². The molecule has 26 heavy (non-hydrogen) atoms. The van der Waals surface area contributed by atoms with E-state index >= 15 is 0 Å². The van der Waals surface area contributed by atoms with Crippen molar-refractivity contribution in [1.29, 1.82) is 0 Å². The standard InChI is InChI=1S/C19H22N6O/c1-24(13-15-4-2-3-14-12-21-6-5-16(14)15)17-11-18(23-19(20)22-17)25-7-9-26-10-8-25/h2-6,11-12H,7-10,13H2,1H3,(H2,20,22,23). The number of pyridine rings is 1. The van der Waals surface area contributed by atoms with Gasteiger partial charge in [-0.1, -0.05) is 18.2 Å². The van der Waals surface area contributed by atoms with E-state index in [2.05, 4.69) is 43.0 Å². The Kier molecular flexibility index (Phi) is 4.53. The third-order valence-electron chi connectivity index (χ3n) is 4.62. The predicted octanol–water partition coefficient (Wildman–Crippen LogP) is 2.08. The summed E-state index contributed by atoms with van der Waals surface area (Å²) in [4.78, 5) is 17.3. The van der Waals surface area contributed by atoms with E-state index in [4.69, 9.17) is 10.5 Å². The number of rotatable bonds is 4. The lowest BCUT2D eigenvalue weighted by atomic mass is 10.1. The van der Waals surface area contributed by atoms with Gasteiger partial charge in [-0.3, -0.25) is 4.98 Å². The molecule has 0 bridgehead atoms. The number of hydrogen-bond donors (Lipinski definition) is 1. The van der Waals surface area contributed by atoms with Crippen LogP contribution < -0.4 is 15.5 Å². The van der Waals surface area contributed by atoms with Gasteiger partial charge in [0, 0.05) is 50.5 Å². The quantitative estimate of drug-likeness (QED) is 0.771. The van der Waals surface area contributed by atoms with E-state index in [9.17, 15) is 0 Å². The summed E-state index contributed by atoms with van der Waals surface area (Å²) in [5.41, 5.74) is 7.19. The monoisotopic (exact) mass is 350 g/mol. The van der Waals surface area contributed by atoms with Gasteiger partial charge in [0.05, 0.1) is 13.2 Å². The Labute approximate surface area is 152 Å². The Hall–Kier alpha value is -2.93. The SMILES string of the molecule is CN(Cc1cccc2cnccc12)c1cc(N2CCOCC2)nc(N)n1. The molecule has 0 atom stereocenters. The van der Waals surface area contributed by atoms with Crippen LogP contribution in [0.3, 0.4) is 0 Å². The highest BCUT2D eigenvalue weighted by molar-refractivity contribution is 5.85. The summed E-state index contributed by atoms with van der Waals surface area (Å²) >= 11 is 0. The second kappa shape index (κ2) is 7.13. The number of ether oxygens (including phenoxy) is 1. The number of nitrogens with two attached hydrogens (primary N) is 1. The van der Waals surface area contributed by atoms with Crippen molar-refractivity contribution in [1.82, 2.24) is 15.0 Å². The normalized spacial score (nSPS) is 14.6. The third kappa shape index (κ3) is 3.39. The first-order valence-corrected chi connectivity index (χ1v) is 8.71. The molecule has 1 aromatic carbocycles. The Morgan fingerprint density at radius 1 is 1.19 bits per heavy atom. The number of benzene rings is 1.